The Hall–Kier alpha value is -0.780. The second-order valence-electron chi connectivity index (χ2n) is 5.23. The number of hydrogen-bond donors (Lipinski definition) is 1. The number of carbonyl (C=O) groups is 1. The Kier molecular flexibility index (Phi) is 8.85. The van der Waals surface area contributed by atoms with Crippen molar-refractivity contribution in [3.8, 4) is 0 Å². The van der Waals surface area contributed by atoms with E-state index in [2.05, 4.69) is 11.9 Å². The molecule has 1 aliphatic heterocycles. The standard InChI is InChI=1S/C8H15N.C4H6F3NO.C2H6/c1-9-5-7-2-3-8(4-7)6-9;1-8-3(9)2-4(5,6)7;1-2/h7-8H,2-6H2,1H3;2H2,1H3,(H,8,9);1-2H3/t7-,8?;;/m0../s1. The Labute approximate surface area is 119 Å². The zero-order chi connectivity index (χ0) is 15.8. The van der Waals surface area contributed by atoms with E-state index in [4.69, 9.17) is 0 Å². The molecule has 0 aromatic carbocycles. The van der Waals surface area contributed by atoms with Gasteiger partial charge in [-0.1, -0.05) is 13.8 Å². The van der Waals surface area contributed by atoms with Crippen LogP contribution < -0.4 is 5.32 Å². The summed E-state index contributed by atoms with van der Waals surface area (Å²) in [7, 11) is 3.42. The normalized spacial score (nSPS) is 24.9. The van der Waals surface area contributed by atoms with Crippen LogP contribution in [0, 0.1) is 11.8 Å². The molecule has 2 rings (SSSR count). The molecule has 1 saturated heterocycles. The lowest BCUT2D eigenvalue weighted by Crippen LogP contribution is -2.32. The number of likely N-dealkylation sites (tertiary alicyclic amines) is 1. The molecule has 1 saturated carbocycles. The van der Waals surface area contributed by atoms with Gasteiger partial charge in [-0.05, 0) is 38.1 Å². The molecule has 2 aliphatic rings. The van der Waals surface area contributed by atoms with Crippen LogP contribution in [0.2, 0.25) is 0 Å². The predicted octanol–water partition coefficient (Wildman–Crippen LogP) is 3.06. The van der Waals surface area contributed by atoms with Gasteiger partial charge in [-0.3, -0.25) is 4.79 Å². The Balaban J connectivity index is 0.000000321. The number of nitrogens with zero attached hydrogens (tertiary/aromatic N) is 1. The minimum atomic E-state index is -4.39. The van der Waals surface area contributed by atoms with Crippen molar-refractivity contribution in [3.05, 3.63) is 0 Å². The number of alkyl halides is 3. The number of rotatable bonds is 1. The van der Waals surface area contributed by atoms with Crippen LogP contribution in [0.1, 0.15) is 39.5 Å². The molecule has 1 heterocycles. The van der Waals surface area contributed by atoms with Crippen molar-refractivity contribution >= 4 is 5.91 Å². The van der Waals surface area contributed by atoms with Crippen LogP contribution in [-0.4, -0.2) is 44.2 Å². The molecule has 120 valence electrons. The maximum Gasteiger partial charge on any atom is 0.397 e. The highest BCUT2D eigenvalue weighted by atomic mass is 19.4. The summed E-state index contributed by atoms with van der Waals surface area (Å²) in [5.41, 5.74) is 0. The monoisotopic (exact) mass is 296 g/mol. The Bertz CT molecular complexity index is 270. The average molecular weight is 296 g/mol. The van der Waals surface area contributed by atoms with Crippen LogP contribution in [0.4, 0.5) is 13.2 Å². The third-order valence-corrected chi connectivity index (χ3v) is 3.43. The molecule has 1 N–H and O–H groups in total. The summed E-state index contributed by atoms with van der Waals surface area (Å²) in [6.45, 7) is 6.74. The number of carbonyl (C=O) groups excluding carboxylic acids is 1. The van der Waals surface area contributed by atoms with E-state index in [0.29, 0.717) is 0 Å². The SMILES string of the molecule is CC.CN1CC2CC[C@@H](C2)C1.CNC(=O)CC(F)(F)F. The lowest BCUT2D eigenvalue weighted by Gasteiger charge is -2.27. The molecule has 0 aromatic heterocycles. The molecule has 2 fully saturated rings. The highest BCUT2D eigenvalue weighted by molar-refractivity contribution is 5.76. The van der Waals surface area contributed by atoms with Crippen LogP contribution in [0.5, 0.6) is 0 Å². The molecule has 0 aromatic rings. The number of fused-ring (bicyclic) bond motifs is 2. The van der Waals surface area contributed by atoms with Gasteiger partial charge in [0.25, 0.3) is 0 Å². The molecule has 2 atom stereocenters. The number of hydrogen-bond acceptors (Lipinski definition) is 2. The number of piperidine rings is 1. The zero-order valence-corrected chi connectivity index (χ0v) is 12.9. The average Bonchev–Trinajstić information content (AvgIpc) is 2.70. The molecule has 1 unspecified atom stereocenters. The summed E-state index contributed by atoms with van der Waals surface area (Å²) >= 11 is 0. The number of halogens is 3. The largest absolute Gasteiger partial charge is 0.397 e. The molecule has 0 radical (unpaired) electrons. The molecule has 3 nitrogen and oxygen atoms in total. The van der Waals surface area contributed by atoms with Gasteiger partial charge in [0, 0.05) is 20.1 Å². The first-order valence-corrected chi connectivity index (χ1v) is 7.26. The van der Waals surface area contributed by atoms with Gasteiger partial charge < -0.3 is 10.2 Å². The number of amides is 1. The Morgan fingerprint density at radius 1 is 1.20 bits per heavy atom. The molecule has 6 heteroatoms. The van der Waals surface area contributed by atoms with Gasteiger partial charge in [-0.2, -0.15) is 13.2 Å². The van der Waals surface area contributed by atoms with Crippen LogP contribution in [0.15, 0.2) is 0 Å². The minimum Gasteiger partial charge on any atom is -0.359 e. The van der Waals surface area contributed by atoms with Crippen molar-refractivity contribution in [1.29, 1.82) is 0 Å². The van der Waals surface area contributed by atoms with Crippen molar-refractivity contribution in [2.24, 2.45) is 11.8 Å². The van der Waals surface area contributed by atoms with Crippen LogP contribution in [-0.2, 0) is 4.79 Å². The summed E-state index contributed by atoms with van der Waals surface area (Å²) in [4.78, 5) is 12.5. The van der Waals surface area contributed by atoms with E-state index in [1.165, 1.54) is 32.4 Å². The van der Waals surface area contributed by atoms with E-state index >= 15 is 0 Å². The first-order valence-electron chi connectivity index (χ1n) is 7.26. The molecule has 2 bridgehead atoms. The summed E-state index contributed by atoms with van der Waals surface area (Å²) in [5, 5.41) is 1.86. The highest BCUT2D eigenvalue weighted by Gasteiger charge is 2.31. The van der Waals surface area contributed by atoms with Gasteiger partial charge in [-0.25, -0.2) is 0 Å². The molecule has 0 spiro atoms. The topological polar surface area (TPSA) is 32.3 Å². The highest BCUT2D eigenvalue weighted by Crippen LogP contribution is 2.35. The van der Waals surface area contributed by atoms with E-state index < -0.39 is 18.5 Å². The molecular weight excluding hydrogens is 269 g/mol. The van der Waals surface area contributed by atoms with Crippen molar-refractivity contribution in [2.75, 3.05) is 27.2 Å². The van der Waals surface area contributed by atoms with Gasteiger partial charge in [0.15, 0.2) is 0 Å². The molecular formula is C14H27F3N2O. The maximum absolute atomic E-state index is 11.2. The number of nitrogens with one attached hydrogen (secondary N) is 1. The lowest BCUT2D eigenvalue weighted by molar-refractivity contribution is -0.153. The Morgan fingerprint density at radius 2 is 1.65 bits per heavy atom. The summed E-state index contributed by atoms with van der Waals surface area (Å²) in [6.07, 6.45) is -1.24. The smallest absolute Gasteiger partial charge is 0.359 e. The molecule has 1 aliphatic carbocycles. The minimum absolute atomic E-state index is 1.01. The van der Waals surface area contributed by atoms with Crippen LogP contribution in [0.25, 0.3) is 0 Å². The second-order valence-corrected chi connectivity index (χ2v) is 5.23. The predicted molar refractivity (Wildman–Crippen MR) is 74.4 cm³/mol. The van der Waals surface area contributed by atoms with Crippen molar-refractivity contribution in [3.63, 3.8) is 0 Å². The first-order chi connectivity index (χ1) is 9.30. The van der Waals surface area contributed by atoms with Crippen LogP contribution >= 0.6 is 0 Å². The van der Waals surface area contributed by atoms with Crippen LogP contribution in [0.3, 0.4) is 0 Å². The summed E-state index contributed by atoms with van der Waals surface area (Å²) in [6, 6.07) is 0. The van der Waals surface area contributed by atoms with E-state index in [1.807, 2.05) is 19.2 Å². The first kappa shape index (κ1) is 19.2. The summed E-state index contributed by atoms with van der Waals surface area (Å²) < 4.78 is 33.7. The molecule has 20 heavy (non-hydrogen) atoms. The molecule has 1 amide bonds. The van der Waals surface area contributed by atoms with Gasteiger partial charge >= 0.3 is 6.18 Å². The lowest BCUT2D eigenvalue weighted by atomic mass is 10.00. The zero-order valence-electron chi connectivity index (χ0n) is 12.9. The Morgan fingerprint density at radius 3 is 1.95 bits per heavy atom. The van der Waals surface area contributed by atoms with Crippen molar-refractivity contribution in [1.82, 2.24) is 10.2 Å². The fourth-order valence-corrected chi connectivity index (χ4v) is 2.74. The summed E-state index contributed by atoms with van der Waals surface area (Å²) in [5.74, 6) is 1.12. The fraction of sp³-hybridized carbons (Fsp3) is 0.929. The van der Waals surface area contributed by atoms with Crippen molar-refractivity contribution in [2.45, 2.75) is 45.7 Å². The maximum atomic E-state index is 11.2. The quantitative estimate of drug-likeness (QED) is 0.806. The third-order valence-electron chi connectivity index (χ3n) is 3.43. The van der Waals surface area contributed by atoms with E-state index in [0.717, 1.165) is 18.9 Å². The van der Waals surface area contributed by atoms with Gasteiger partial charge in [0.1, 0.15) is 6.42 Å². The fourth-order valence-electron chi connectivity index (χ4n) is 2.74. The second kappa shape index (κ2) is 9.21. The van der Waals surface area contributed by atoms with Crippen molar-refractivity contribution < 1.29 is 18.0 Å². The third kappa shape index (κ3) is 8.40. The van der Waals surface area contributed by atoms with E-state index in [1.54, 1.807) is 0 Å². The van der Waals surface area contributed by atoms with E-state index in [9.17, 15) is 18.0 Å². The van der Waals surface area contributed by atoms with Gasteiger partial charge in [0.2, 0.25) is 5.91 Å². The van der Waals surface area contributed by atoms with E-state index in [-0.39, 0.29) is 0 Å². The van der Waals surface area contributed by atoms with Gasteiger partial charge in [0.05, 0.1) is 0 Å². The van der Waals surface area contributed by atoms with Gasteiger partial charge in [-0.15, -0.1) is 0 Å².